The zero-order chi connectivity index (χ0) is 11.3. The maximum Gasteiger partial charge on any atom is 0.114 e. The van der Waals surface area contributed by atoms with Gasteiger partial charge < -0.3 is 5.73 Å². The molecule has 16 heavy (non-hydrogen) atoms. The van der Waals surface area contributed by atoms with E-state index in [4.69, 9.17) is 5.73 Å². The van der Waals surface area contributed by atoms with Crippen LogP contribution in [0, 0.1) is 6.92 Å². The van der Waals surface area contributed by atoms with E-state index in [0.29, 0.717) is 6.04 Å². The summed E-state index contributed by atoms with van der Waals surface area (Å²) in [6, 6.07) is 1.42. The lowest BCUT2D eigenvalue weighted by molar-refractivity contribution is 0.249. The summed E-state index contributed by atoms with van der Waals surface area (Å²) in [6.45, 7) is 5.33. The Morgan fingerprint density at radius 3 is 2.88 bits per heavy atom. The SMILES string of the molecule is Cc1csc(C2(N)CC(C)N(C3CC3)C2)n1. The summed E-state index contributed by atoms with van der Waals surface area (Å²) in [5.74, 6) is 0. The number of nitrogens with two attached hydrogens (primary N) is 1. The average molecular weight is 237 g/mol. The fourth-order valence-electron chi connectivity index (χ4n) is 2.82. The van der Waals surface area contributed by atoms with Crippen LogP contribution in [-0.4, -0.2) is 28.5 Å². The smallest absolute Gasteiger partial charge is 0.114 e. The number of likely N-dealkylation sites (tertiary alicyclic amines) is 1. The molecule has 0 aromatic carbocycles. The minimum Gasteiger partial charge on any atom is -0.318 e. The van der Waals surface area contributed by atoms with Crippen LogP contribution in [0.3, 0.4) is 0 Å². The van der Waals surface area contributed by atoms with Crippen molar-refractivity contribution in [2.75, 3.05) is 6.54 Å². The van der Waals surface area contributed by atoms with Gasteiger partial charge in [-0.25, -0.2) is 4.98 Å². The fraction of sp³-hybridized carbons (Fsp3) is 0.750. The first-order chi connectivity index (χ1) is 7.58. The van der Waals surface area contributed by atoms with E-state index in [-0.39, 0.29) is 5.54 Å². The second-order valence-electron chi connectivity index (χ2n) is 5.41. The highest BCUT2D eigenvalue weighted by molar-refractivity contribution is 7.09. The first-order valence-corrected chi connectivity index (χ1v) is 6.94. The van der Waals surface area contributed by atoms with Gasteiger partial charge in [0, 0.05) is 29.7 Å². The summed E-state index contributed by atoms with van der Waals surface area (Å²) in [5, 5.41) is 3.23. The van der Waals surface area contributed by atoms with Crippen molar-refractivity contribution in [2.45, 2.75) is 50.7 Å². The summed E-state index contributed by atoms with van der Waals surface area (Å²) in [5.41, 5.74) is 7.45. The molecule has 4 heteroatoms. The van der Waals surface area contributed by atoms with Crippen LogP contribution in [0.2, 0.25) is 0 Å². The normalized spacial score (nSPS) is 35.8. The standard InChI is InChI=1S/C12H19N3S/c1-8-6-16-11(14-8)12(13)5-9(2)15(7-12)10-3-4-10/h6,9-10H,3-5,7,13H2,1-2H3. The van der Waals surface area contributed by atoms with Crippen molar-refractivity contribution in [3.8, 4) is 0 Å². The Labute approximate surface area is 101 Å². The Balaban J connectivity index is 1.84. The predicted octanol–water partition coefficient (Wildman–Crippen LogP) is 1.86. The van der Waals surface area contributed by atoms with Crippen molar-refractivity contribution in [3.05, 3.63) is 16.1 Å². The molecule has 2 unspecified atom stereocenters. The lowest BCUT2D eigenvalue weighted by atomic mass is 9.99. The third-order valence-corrected chi connectivity index (χ3v) is 4.93. The molecule has 1 saturated carbocycles. The number of aromatic nitrogens is 1. The molecule has 1 aliphatic heterocycles. The van der Waals surface area contributed by atoms with Crippen molar-refractivity contribution < 1.29 is 0 Å². The van der Waals surface area contributed by atoms with Gasteiger partial charge in [-0.05, 0) is 33.1 Å². The fourth-order valence-corrected chi connectivity index (χ4v) is 3.74. The number of nitrogens with zero attached hydrogens (tertiary/aromatic N) is 2. The summed E-state index contributed by atoms with van der Waals surface area (Å²) in [4.78, 5) is 7.16. The molecule has 2 N–H and O–H groups in total. The van der Waals surface area contributed by atoms with Crippen LogP contribution < -0.4 is 5.73 Å². The first kappa shape index (κ1) is 10.7. The molecule has 3 nitrogen and oxygen atoms in total. The van der Waals surface area contributed by atoms with E-state index in [1.165, 1.54) is 12.8 Å². The van der Waals surface area contributed by atoms with Crippen molar-refractivity contribution >= 4 is 11.3 Å². The van der Waals surface area contributed by atoms with Crippen LogP contribution in [0.15, 0.2) is 5.38 Å². The van der Waals surface area contributed by atoms with Gasteiger partial charge in [-0.3, -0.25) is 4.90 Å². The quantitative estimate of drug-likeness (QED) is 0.853. The monoisotopic (exact) mass is 237 g/mol. The van der Waals surface area contributed by atoms with E-state index >= 15 is 0 Å². The molecule has 1 saturated heterocycles. The van der Waals surface area contributed by atoms with Gasteiger partial charge >= 0.3 is 0 Å². The predicted molar refractivity (Wildman–Crippen MR) is 66.5 cm³/mol. The van der Waals surface area contributed by atoms with Gasteiger partial charge in [-0.2, -0.15) is 0 Å². The lowest BCUT2D eigenvalue weighted by Gasteiger charge is -2.22. The van der Waals surface area contributed by atoms with Crippen LogP contribution in [0.1, 0.15) is 36.9 Å². The number of aryl methyl sites for hydroxylation is 1. The third kappa shape index (κ3) is 1.69. The Kier molecular flexibility index (Phi) is 2.35. The maximum atomic E-state index is 6.55. The van der Waals surface area contributed by atoms with Gasteiger partial charge in [0.1, 0.15) is 5.01 Å². The van der Waals surface area contributed by atoms with Crippen molar-refractivity contribution in [2.24, 2.45) is 5.73 Å². The van der Waals surface area contributed by atoms with E-state index < -0.39 is 0 Å². The molecule has 0 bridgehead atoms. The summed E-state index contributed by atoms with van der Waals surface area (Å²) in [7, 11) is 0. The van der Waals surface area contributed by atoms with Gasteiger partial charge in [0.2, 0.25) is 0 Å². The van der Waals surface area contributed by atoms with E-state index in [1.54, 1.807) is 11.3 Å². The Morgan fingerprint density at radius 2 is 2.31 bits per heavy atom. The average Bonchev–Trinajstić information content (AvgIpc) is 2.89. The van der Waals surface area contributed by atoms with Crippen molar-refractivity contribution in [3.63, 3.8) is 0 Å². The number of rotatable bonds is 2. The van der Waals surface area contributed by atoms with E-state index in [0.717, 1.165) is 29.7 Å². The van der Waals surface area contributed by atoms with Gasteiger partial charge in [0.25, 0.3) is 0 Å². The number of hydrogen-bond acceptors (Lipinski definition) is 4. The largest absolute Gasteiger partial charge is 0.318 e. The zero-order valence-corrected chi connectivity index (χ0v) is 10.8. The summed E-state index contributed by atoms with van der Waals surface area (Å²) < 4.78 is 0. The molecule has 0 spiro atoms. The van der Waals surface area contributed by atoms with Crippen LogP contribution >= 0.6 is 11.3 Å². The van der Waals surface area contributed by atoms with Gasteiger partial charge in [0.05, 0.1) is 5.54 Å². The molecule has 2 aliphatic rings. The molecule has 0 amide bonds. The molecule has 2 heterocycles. The van der Waals surface area contributed by atoms with Gasteiger partial charge in [-0.15, -0.1) is 11.3 Å². The Bertz CT molecular complexity index is 399. The van der Waals surface area contributed by atoms with E-state index in [9.17, 15) is 0 Å². The van der Waals surface area contributed by atoms with E-state index in [2.05, 4.69) is 22.2 Å². The maximum absolute atomic E-state index is 6.55. The lowest BCUT2D eigenvalue weighted by Crippen LogP contribution is -2.40. The van der Waals surface area contributed by atoms with Crippen LogP contribution in [0.5, 0.6) is 0 Å². The third-order valence-electron chi connectivity index (χ3n) is 3.75. The van der Waals surface area contributed by atoms with Crippen molar-refractivity contribution in [1.82, 2.24) is 9.88 Å². The summed E-state index contributed by atoms with van der Waals surface area (Å²) >= 11 is 1.72. The minimum atomic E-state index is -0.194. The molecule has 3 rings (SSSR count). The van der Waals surface area contributed by atoms with Gasteiger partial charge in [0.15, 0.2) is 0 Å². The highest BCUT2D eigenvalue weighted by Crippen LogP contribution is 2.41. The van der Waals surface area contributed by atoms with Crippen LogP contribution in [0.25, 0.3) is 0 Å². The van der Waals surface area contributed by atoms with Crippen molar-refractivity contribution in [1.29, 1.82) is 0 Å². The number of thiazole rings is 1. The molecule has 1 aromatic rings. The second kappa shape index (κ2) is 3.52. The minimum absolute atomic E-state index is 0.194. The summed E-state index contributed by atoms with van der Waals surface area (Å²) in [6.07, 6.45) is 3.77. The Hall–Kier alpha value is -0.450. The Morgan fingerprint density at radius 1 is 1.56 bits per heavy atom. The molecular weight excluding hydrogens is 218 g/mol. The molecule has 1 aromatic heterocycles. The van der Waals surface area contributed by atoms with Crippen LogP contribution in [-0.2, 0) is 5.54 Å². The molecule has 2 atom stereocenters. The molecule has 1 aliphatic carbocycles. The number of hydrogen-bond donors (Lipinski definition) is 1. The zero-order valence-electron chi connectivity index (χ0n) is 9.94. The molecule has 2 fully saturated rings. The highest BCUT2D eigenvalue weighted by Gasteiger charge is 2.47. The van der Waals surface area contributed by atoms with Gasteiger partial charge in [-0.1, -0.05) is 0 Å². The molecule has 88 valence electrons. The highest BCUT2D eigenvalue weighted by atomic mass is 32.1. The van der Waals surface area contributed by atoms with Crippen LogP contribution in [0.4, 0.5) is 0 Å². The topological polar surface area (TPSA) is 42.1 Å². The molecule has 0 radical (unpaired) electrons. The van der Waals surface area contributed by atoms with E-state index in [1.807, 2.05) is 6.92 Å². The molecular formula is C12H19N3S. The second-order valence-corrected chi connectivity index (χ2v) is 6.26. The first-order valence-electron chi connectivity index (χ1n) is 6.06.